The molecule has 2 aromatic heterocycles. The van der Waals surface area contributed by atoms with Crippen LogP contribution in [0.2, 0.25) is 5.02 Å². The van der Waals surface area contributed by atoms with E-state index < -0.39 is 29.1 Å². The van der Waals surface area contributed by atoms with E-state index in [1.165, 1.54) is 27.9 Å². The van der Waals surface area contributed by atoms with Gasteiger partial charge in [-0.15, -0.1) is 0 Å². The van der Waals surface area contributed by atoms with Crippen molar-refractivity contribution < 1.29 is 14.7 Å². The van der Waals surface area contributed by atoms with E-state index in [1.807, 2.05) is 0 Å². The molecule has 33 heavy (non-hydrogen) atoms. The molecule has 3 N–H and O–H groups in total. The Labute approximate surface area is 194 Å². The van der Waals surface area contributed by atoms with Crippen LogP contribution in [-0.2, 0) is 0 Å². The summed E-state index contributed by atoms with van der Waals surface area (Å²) in [6.07, 6.45) is 3.19. The van der Waals surface area contributed by atoms with Crippen molar-refractivity contribution in [3.63, 3.8) is 0 Å². The van der Waals surface area contributed by atoms with Crippen molar-refractivity contribution in [3.8, 4) is 5.69 Å². The monoisotopic (exact) mass is 469 g/mol. The first kappa shape index (κ1) is 22.7. The molecule has 9 nitrogen and oxygen atoms in total. The molecule has 1 aliphatic carbocycles. The van der Waals surface area contributed by atoms with Crippen LogP contribution in [0.4, 0.5) is 4.79 Å². The van der Waals surface area contributed by atoms with Gasteiger partial charge < -0.3 is 10.8 Å². The van der Waals surface area contributed by atoms with Crippen molar-refractivity contribution in [2.45, 2.75) is 45.2 Å². The molecule has 0 aliphatic heterocycles. The van der Waals surface area contributed by atoms with Gasteiger partial charge in [-0.3, -0.25) is 24.0 Å². The topological polar surface area (TPSA) is 131 Å². The molecule has 172 valence electrons. The van der Waals surface area contributed by atoms with E-state index in [0.29, 0.717) is 5.52 Å². The van der Waals surface area contributed by atoms with Crippen LogP contribution >= 0.6 is 11.6 Å². The van der Waals surface area contributed by atoms with Crippen LogP contribution in [0.3, 0.4) is 0 Å². The molecular weight excluding hydrogens is 446 g/mol. The highest BCUT2D eigenvalue weighted by Gasteiger charge is 2.45. The first-order valence-electron chi connectivity index (χ1n) is 10.5. The number of benzene rings is 1. The van der Waals surface area contributed by atoms with Crippen molar-refractivity contribution in [2.75, 3.05) is 0 Å². The van der Waals surface area contributed by atoms with Gasteiger partial charge in [0.1, 0.15) is 5.82 Å². The van der Waals surface area contributed by atoms with Crippen molar-refractivity contribution in [2.24, 2.45) is 11.7 Å². The van der Waals surface area contributed by atoms with Gasteiger partial charge >= 0.3 is 6.09 Å². The third-order valence-corrected chi connectivity index (χ3v) is 5.99. The highest BCUT2D eigenvalue weighted by Crippen LogP contribution is 2.46. The lowest BCUT2D eigenvalue weighted by Crippen LogP contribution is -2.49. The van der Waals surface area contributed by atoms with Crippen LogP contribution < -0.4 is 11.3 Å². The smallest absolute Gasteiger partial charge is 0.408 e. The lowest BCUT2D eigenvalue weighted by molar-refractivity contribution is 0.0581. The van der Waals surface area contributed by atoms with Crippen LogP contribution in [0, 0.1) is 5.92 Å². The molecule has 2 amide bonds. The standard InChI is InChI=1S/C23H24ClN5O4/c1-23(2,3)29(22(32)33)18(12-7-8-12)20-27-16-6-4-5-15(24)17(16)21(31)28(20)14-9-13(19(25)30)10-26-11-14/h4-6,9-12,18H,7-8H2,1-3H3,(H2,25,30)(H,32,33)/t18-/m0/s1. The number of halogens is 1. The first-order valence-corrected chi connectivity index (χ1v) is 10.9. The quantitative estimate of drug-likeness (QED) is 0.584. The second kappa shape index (κ2) is 8.15. The highest BCUT2D eigenvalue weighted by atomic mass is 35.5. The van der Waals surface area contributed by atoms with Gasteiger partial charge in [0.2, 0.25) is 5.91 Å². The van der Waals surface area contributed by atoms with Crippen LogP contribution in [0.1, 0.15) is 55.8 Å². The zero-order valence-electron chi connectivity index (χ0n) is 18.4. The molecule has 0 unspecified atom stereocenters. The summed E-state index contributed by atoms with van der Waals surface area (Å²) in [7, 11) is 0. The SMILES string of the molecule is CC(C)(C)N(C(=O)O)[C@H](c1nc2cccc(Cl)c2c(=O)n1-c1cncc(C(N)=O)c1)C1CC1. The molecule has 1 saturated carbocycles. The van der Waals surface area contributed by atoms with Gasteiger partial charge in [-0.05, 0) is 57.7 Å². The predicted molar refractivity (Wildman–Crippen MR) is 124 cm³/mol. The third-order valence-electron chi connectivity index (χ3n) is 5.68. The van der Waals surface area contributed by atoms with Crippen molar-refractivity contribution in [3.05, 3.63) is 63.4 Å². The molecule has 1 fully saturated rings. The van der Waals surface area contributed by atoms with Gasteiger partial charge in [0, 0.05) is 11.7 Å². The van der Waals surface area contributed by atoms with Gasteiger partial charge in [-0.25, -0.2) is 9.78 Å². The number of amides is 2. The molecule has 0 saturated heterocycles. The second-order valence-corrected chi connectivity index (χ2v) is 9.55. The van der Waals surface area contributed by atoms with E-state index in [0.717, 1.165) is 12.8 Å². The van der Waals surface area contributed by atoms with Gasteiger partial charge in [0.15, 0.2) is 0 Å². The fourth-order valence-electron chi connectivity index (χ4n) is 4.11. The van der Waals surface area contributed by atoms with Gasteiger partial charge in [-0.2, -0.15) is 0 Å². The average Bonchev–Trinajstić information content (AvgIpc) is 3.55. The maximum Gasteiger partial charge on any atom is 0.408 e. The number of pyridine rings is 1. The molecule has 3 aromatic rings. The number of nitrogens with two attached hydrogens (primary N) is 1. The number of aromatic nitrogens is 3. The average molecular weight is 470 g/mol. The summed E-state index contributed by atoms with van der Waals surface area (Å²) in [5.74, 6) is -0.466. The maximum atomic E-state index is 13.8. The summed E-state index contributed by atoms with van der Waals surface area (Å²) in [6.45, 7) is 5.39. The summed E-state index contributed by atoms with van der Waals surface area (Å²) in [6, 6.07) is 5.69. The van der Waals surface area contributed by atoms with Gasteiger partial charge in [0.05, 0.1) is 39.4 Å². The van der Waals surface area contributed by atoms with Crippen LogP contribution in [-0.4, -0.2) is 42.1 Å². The fraction of sp³-hybridized carbons (Fsp3) is 0.348. The zero-order chi connectivity index (χ0) is 24.1. The molecule has 0 radical (unpaired) electrons. The van der Waals surface area contributed by atoms with E-state index in [-0.39, 0.29) is 33.4 Å². The number of carbonyl (C=O) groups is 2. The second-order valence-electron chi connectivity index (χ2n) is 9.15. The van der Waals surface area contributed by atoms with E-state index >= 15 is 0 Å². The Morgan fingerprint density at radius 3 is 2.55 bits per heavy atom. The number of nitrogens with zero attached hydrogens (tertiary/aromatic N) is 4. The Morgan fingerprint density at radius 2 is 1.97 bits per heavy atom. The number of hydrogen-bond donors (Lipinski definition) is 2. The molecular formula is C23H24ClN5O4. The largest absolute Gasteiger partial charge is 0.465 e. The van der Waals surface area contributed by atoms with E-state index in [1.54, 1.807) is 39.0 Å². The molecule has 0 bridgehead atoms. The summed E-state index contributed by atoms with van der Waals surface area (Å²) in [4.78, 5) is 48.1. The number of primary amides is 1. The number of carboxylic acid groups (broad SMARTS) is 1. The summed E-state index contributed by atoms with van der Waals surface area (Å²) in [5.41, 5.74) is 4.91. The molecule has 2 heterocycles. The van der Waals surface area contributed by atoms with Gasteiger partial charge in [-0.1, -0.05) is 17.7 Å². The minimum Gasteiger partial charge on any atom is -0.465 e. The van der Waals surface area contributed by atoms with E-state index in [2.05, 4.69) is 4.98 Å². The predicted octanol–water partition coefficient (Wildman–Crippen LogP) is 3.76. The van der Waals surface area contributed by atoms with Crippen LogP contribution in [0.15, 0.2) is 41.5 Å². The molecule has 1 atom stereocenters. The first-order chi connectivity index (χ1) is 15.5. The number of fused-ring (bicyclic) bond motifs is 1. The maximum absolute atomic E-state index is 13.8. The molecule has 4 rings (SSSR count). The molecule has 1 aromatic carbocycles. The third kappa shape index (κ3) is 4.16. The number of rotatable bonds is 5. The Balaban J connectivity index is 2.10. The van der Waals surface area contributed by atoms with Gasteiger partial charge in [0.25, 0.3) is 5.56 Å². The minimum atomic E-state index is -1.12. The van der Waals surface area contributed by atoms with Crippen LogP contribution in [0.25, 0.3) is 16.6 Å². The van der Waals surface area contributed by atoms with Crippen LogP contribution in [0.5, 0.6) is 0 Å². The number of carbonyl (C=O) groups excluding carboxylic acids is 1. The molecule has 10 heteroatoms. The zero-order valence-corrected chi connectivity index (χ0v) is 19.2. The van der Waals surface area contributed by atoms with E-state index in [9.17, 15) is 19.5 Å². The van der Waals surface area contributed by atoms with Crippen molar-refractivity contribution in [1.82, 2.24) is 19.4 Å². The summed E-state index contributed by atoms with van der Waals surface area (Å²) < 4.78 is 1.30. The Kier molecular flexibility index (Phi) is 5.61. The van der Waals surface area contributed by atoms with Crippen molar-refractivity contribution >= 4 is 34.5 Å². The Hall–Kier alpha value is -3.46. The summed E-state index contributed by atoms with van der Waals surface area (Å²) in [5, 5.41) is 10.6. The molecule has 0 spiro atoms. The van der Waals surface area contributed by atoms with Crippen molar-refractivity contribution in [1.29, 1.82) is 0 Å². The Bertz CT molecular complexity index is 1330. The van der Waals surface area contributed by atoms with E-state index in [4.69, 9.17) is 22.3 Å². The summed E-state index contributed by atoms with van der Waals surface area (Å²) >= 11 is 6.35. The lowest BCUT2D eigenvalue weighted by atomic mass is 9.99. The fourth-order valence-corrected chi connectivity index (χ4v) is 4.36. The Morgan fingerprint density at radius 1 is 1.27 bits per heavy atom. The highest BCUT2D eigenvalue weighted by molar-refractivity contribution is 6.35. The number of hydrogen-bond acceptors (Lipinski definition) is 5. The lowest BCUT2D eigenvalue weighted by Gasteiger charge is -2.40. The normalized spacial score (nSPS) is 14.8. The minimum absolute atomic E-state index is 0.0117. The molecule has 1 aliphatic rings.